The van der Waals surface area contributed by atoms with Crippen LogP contribution >= 0.6 is 34.5 Å². The first-order valence-corrected chi connectivity index (χ1v) is 6.26. The SMILES string of the molecule is Cc1csc(C(O)c2cc(Cl)ccc2Cl)n1. The minimum atomic E-state index is -0.815. The Bertz CT molecular complexity index is 512. The molecular formula is C11H9Cl2NOS. The lowest BCUT2D eigenvalue weighted by Crippen LogP contribution is -2.00. The van der Waals surface area contributed by atoms with Gasteiger partial charge >= 0.3 is 0 Å². The summed E-state index contributed by atoms with van der Waals surface area (Å²) in [6.45, 7) is 1.88. The third-order valence-corrected chi connectivity index (χ3v) is 3.72. The second-order valence-corrected chi connectivity index (χ2v) is 5.13. The fourth-order valence-corrected chi connectivity index (χ4v) is 2.55. The molecule has 2 rings (SSSR count). The zero-order valence-corrected chi connectivity index (χ0v) is 10.8. The number of rotatable bonds is 2. The third kappa shape index (κ3) is 2.38. The van der Waals surface area contributed by atoms with Crippen molar-refractivity contribution in [2.75, 3.05) is 0 Å². The molecule has 1 N–H and O–H groups in total. The van der Waals surface area contributed by atoms with Gasteiger partial charge in [-0.1, -0.05) is 23.2 Å². The highest BCUT2D eigenvalue weighted by atomic mass is 35.5. The lowest BCUT2D eigenvalue weighted by molar-refractivity contribution is 0.219. The Labute approximate surface area is 107 Å². The number of hydrogen-bond donors (Lipinski definition) is 1. The molecule has 0 saturated heterocycles. The first kappa shape index (κ1) is 11.9. The Morgan fingerprint density at radius 1 is 1.38 bits per heavy atom. The maximum Gasteiger partial charge on any atom is 0.132 e. The van der Waals surface area contributed by atoms with E-state index in [2.05, 4.69) is 4.98 Å². The molecule has 5 heteroatoms. The average Bonchev–Trinajstić information content (AvgIpc) is 2.67. The topological polar surface area (TPSA) is 33.1 Å². The van der Waals surface area contributed by atoms with Crippen molar-refractivity contribution in [3.63, 3.8) is 0 Å². The van der Waals surface area contributed by atoms with Crippen LogP contribution in [0.2, 0.25) is 10.0 Å². The van der Waals surface area contributed by atoms with E-state index in [0.717, 1.165) is 5.69 Å². The summed E-state index contributed by atoms with van der Waals surface area (Å²) in [7, 11) is 0. The number of aromatic nitrogens is 1. The van der Waals surface area contributed by atoms with E-state index in [9.17, 15) is 5.11 Å². The van der Waals surface area contributed by atoms with Gasteiger partial charge in [-0.2, -0.15) is 0 Å². The van der Waals surface area contributed by atoms with Gasteiger partial charge in [-0.3, -0.25) is 0 Å². The van der Waals surface area contributed by atoms with E-state index in [0.29, 0.717) is 20.6 Å². The lowest BCUT2D eigenvalue weighted by Gasteiger charge is -2.10. The summed E-state index contributed by atoms with van der Waals surface area (Å²) in [6.07, 6.45) is -0.815. The summed E-state index contributed by atoms with van der Waals surface area (Å²) in [5.74, 6) is 0. The van der Waals surface area contributed by atoms with Crippen molar-refractivity contribution >= 4 is 34.5 Å². The van der Waals surface area contributed by atoms with Gasteiger partial charge < -0.3 is 5.11 Å². The molecule has 0 radical (unpaired) electrons. The second-order valence-electron chi connectivity index (χ2n) is 3.40. The van der Waals surface area contributed by atoms with E-state index in [-0.39, 0.29) is 0 Å². The van der Waals surface area contributed by atoms with E-state index in [1.165, 1.54) is 11.3 Å². The summed E-state index contributed by atoms with van der Waals surface area (Å²) in [5, 5.41) is 13.7. The quantitative estimate of drug-likeness (QED) is 0.902. The number of thiazole rings is 1. The van der Waals surface area contributed by atoms with Crippen LogP contribution in [-0.2, 0) is 0 Å². The van der Waals surface area contributed by atoms with Crippen LogP contribution in [0.15, 0.2) is 23.6 Å². The monoisotopic (exact) mass is 273 g/mol. The molecule has 1 aromatic carbocycles. The fraction of sp³-hybridized carbons (Fsp3) is 0.182. The van der Waals surface area contributed by atoms with Gasteiger partial charge in [0.1, 0.15) is 11.1 Å². The van der Waals surface area contributed by atoms with Crippen LogP contribution in [0.4, 0.5) is 0 Å². The Kier molecular flexibility index (Phi) is 3.50. The van der Waals surface area contributed by atoms with Gasteiger partial charge in [0, 0.05) is 26.7 Å². The zero-order chi connectivity index (χ0) is 11.7. The van der Waals surface area contributed by atoms with E-state index in [1.54, 1.807) is 18.2 Å². The van der Waals surface area contributed by atoms with E-state index in [1.807, 2.05) is 12.3 Å². The Morgan fingerprint density at radius 2 is 2.12 bits per heavy atom. The van der Waals surface area contributed by atoms with Crippen LogP contribution in [0.1, 0.15) is 22.4 Å². The number of aryl methyl sites for hydroxylation is 1. The number of aliphatic hydroxyl groups is 1. The molecule has 0 aliphatic carbocycles. The molecule has 2 aromatic rings. The summed E-state index contributed by atoms with van der Waals surface area (Å²) in [6, 6.07) is 5.02. The smallest absolute Gasteiger partial charge is 0.132 e. The molecule has 2 nitrogen and oxygen atoms in total. The summed E-state index contributed by atoms with van der Waals surface area (Å²) in [5.41, 5.74) is 1.47. The first-order chi connectivity index (χ1) is 7.58. The van der Waals surface area contributed by atoms with Gasteiger partial charge in [0.25, 0.3) is 0 Å². The molecule has 0 bridgehead atoms. The molecule has 16 heavy (non-hydrogen) atoms. The van der Waals surface area contributed by atoms with Crippen molar-refractivity contribution in [2.24, 2.45) is 0 Å². The summed E-state index contributed by atoms with van der Waals surface area (Å²) >= 11 is 13.3. The van der Waals surface area contributed by atoms with Gasteiger partial charge in [-0.25, -0.2) is 4.98 Å². The molecule has 1 atom stereocenters. The summed E-state index contributed by atoms with van der Waals surface area (Å²) in [4.78, 5) is 4.22. The standard InChI is InChI=1S/C11H9Cl2NOS/c1-6-5-16-11(14-6)10(15)8-4-7(12)2-3-9(8)13/h2-5,10,15H,1H3. The summed E-state index contributed by atoms with van der Waals surface area (Å²) < 4.78 is 0. The average molecular weight is 274 g/mol. The molecule has 0 saturated carbocycles. The van der Waals surface area contributed by atoms with Gasteiger partial charge in [0.2, 0.25) is 0 Å². The van der Waals surface area contributed by atoms with Gasteiger partial charge in [0.05, 0.1) is 0 Å². The number of benzene rings is 1. The highest BCUT2D eigenvalue weighted by Gasteiger charge is 2.17. The van der Waals surface area contributed by atoms with Crippen molar-refractivity contribution in [1.82, 2.24) is 4.98 Å². The highest BCUT2D eigenvalue weighted by Crippen LogP contribution is 2.31. The molecule has 0 spiro atoms. The number of nitrogens with zero attached hydrogens (tertiary/aromatic N) is 1. The van der Waals surface area contributed by atoms with E-state index in [4.69, 9.17) is 23.2 Å². The van der Waals surface area contributed by atoms with Crippen molar-refractivity contribution in [2.45, 2.75) is 13.0 Å². The van der Waals surface area contributed by atoms with E-state index >= 15 is 0 Å². The van der Waals surface area contributed by atoms with Crippen LogP contribution in [0, 0.1) is 6.92 Å². The van der Waals surface area contributed by atoms with Gasteiger partial charge in [-0.15, -0.1) is 11.3 Å². The first-order valence-electron chi connectivity index (χ1n) is 4.63. The van der Waals surface area contributed by atoms with E-state index < -0.39 is 6.10 Å². The number of aliphatic hydroxyl groups excluding tert-OH is 1. The molecule has 1 unspecified atom stereocenters. The molecular weight excluding hydrogens is 265 g/mol. The van der Waals surface area contributed by atoms with Crippen molar-refractivity contribution in [1.29, 1.82) is 0 Å². The lowest BCUT2D eigenvalue weighted by atomic mass is 10.1. The Morgan fingerprint density at radius 3 is 2.75 bits per heavy atom. The minimum absolute atomic E-state index is 0.491. The number of halogens is 2. The van der Waals surface area contributed by atoms with Crippen LogP contribution in [0.5, 0.6) is 0 Å². The Hall–Kier alpha value is -0.610. The second kappa shape index (κ2) is 4.72. The Balaban J connectivity index is 2.40. The van der Waals surface area contributed by atoms with Crippen molar-refractivity contribution < 1.29 is 5.11 Å². The highest BCUT2D eigenvalue weighted by molar-refractivity contribution is 7.09. The van der Waals surface area contributed by atoms with Crippen molar-refractivity contribution in [3.8, 4) is 0 Å². The molecule has 0 amide bonds. The minimum Gasteiger partial charge on any atom is -0.381 e. The molecule has 1 aromatic heterocycles. The van der Waals surface area contributed by atoms with Gasteiger partial charge in [-0.05, 0) is 25.1 Å². The van der Waals surface area contributed by atoms with Crippen LogP contribution in [0.25, 0.3) is 0 Å². The molecule has 0 aliphatic rings. The maximum atomic E-state index is 10.1. The van der Waals surface area contributed by atoms with Crippen LogP contribution in [-0.4, -0.2) is 10.1 Å². The predicted octanol–water partition coefficient (Wildman–Crippen LogP) is 3.84. The molecule has 84 valence electrons. The molecule has 0 fully saturated rings. The third-order valence-electron chi connectivity index (χ3n) is 2.12. The van der Waals surface area contributed by atoms with Crippen LogP contribution in [0.3, 0.4) is 0 Å². The predicted molar refractivity (Wildman–Crippen MR) is 67.4 cm³/mol. The molecule has 0 aliphatic heterocycles. The maximum absolute atomic E-state index is 10.1. The van der Waals surface area contributed by atoms with Crippen LogP contribution < -0.4 is 0 Å². The van der Waals surface area contributed by atoms with Crippen molar-refractivity contribution in [3.05, 3.63) is 49.9 Å². The number of hydrogen-bond acceptors (Lipinski definition) is 3. The largest absolute Gasteiger partial charge is 0.381 e. The fourth-order valence-electron chi connectivity index (χ4n) is 1.35. The normalized spacial score (nSPS) is 12.8. The molecule has 1 heterocycles. The zero-order valence-electron chi connectivity index (χ0n) is 8.45. The van der Waals surface area contributed by atoms with Gasteiger partial charge in [0.15, 0.2) is 0 Å².